The third-order valence-electron chi connectivity index (χ3n) is 3.18. The second-order valence-electron chi connectivity index (χ2n) is 4.08. The molecule has 0 saturated carbocycles. The van der Waals surface area contributed by atoms with Crippen molar-refractivity contribution < 1.29 is 10.2 Å². The first kappa shape index (κ1) is 16.1. The van der Waals surface area contributed by atoms with Gasteiger partial charge in [0.1, 0.15) is 11.5 Å². The summed E-state index contributed by atoms with van der Waals surface area (Å²) < 4.78 is 0. The molecule has 0 aromatic heterocycles. The zero-order valence-corrected chi connectivity index (χ0v) is 8.77. The second kappa shape index (κ2) is 6.47. The summed E-state index contributed by atoms with van der Waals surface area (Å²) in [5.41, 5.74) is 1.72. The van der Waals surface area contributed by atoms with E-state index in [1.165, 1.54) is 0 Å². The predicted octanol–water partition coefficient (Wildman–Crippen LogP) is 1.61. The van der Waals surface area contributed by atoms with E-state index in [4.69, 9.17) is 0 Å². The van der Waals surface area contributed by atoms with Crippen LogP contribution in [0.3, 0.4) is 0 Å². The summed E-state index contributed by atoms with van der Waals surface area (Å²) in [6.07, 6.45) is 5.44. The van der Waals surface area contributed by atoms with E-state index in [1.54, 1.807) is 0 Å². The molecule has 0 bridgehead atoms. The van der Waals surface area contributed by atoms with E-state index in [9.17, 15) is 10.2 Å². The Morgan fingerprint density at radius 2 is 1.11 bits per heavy atom. The van der Waals surface area contributed by atoms with Crippen LogP contribution in [0.2, 0.25) is 0 Å². The maximum absolute atomic E-state index is 10.2. The molecule has 18 heavy (non-hydrogen) atoms. The van der Waals surface area contributed by atoms with Crippen LogP contribution in [0.4, 0.5) is 0 Å². The van der Waals surface area contributed by atoms with Gasteiger partial charge < -0.3 is 10.2 Å². The molecule has 2 N–H and O–H groups in total. The number of allylic oxidation sites excluding steroid dienone is 2. The van der Waals surface area contributed by atoms with Crippen molar-refractivity contribution in [3.63, 3.8) is 0 Å². The molecular weight excluding hydrogens is 246 g/mol. The van der Waals surface area contributed by atoms with Crippen LogP contribution >= 0.6 is 0 Å². The van der Waals surface area contributed by atoms with Crippen LogP contribution in [0.5, 0.6) is 11.5 Å². The molecule has 0 heterocycles. The van der Waals surface area contributed by atoms with Gasteiger partial charge in [-0.25, -0.2) is 0 Å². The van der Waals surface area contributed by atoms with E-state index in [0.717, 1.165) is 21.9 Å². The van der Waals surface area contributed by atoms with Gasteiger partial charge in [-0.3, -0.25) is 0 Å². The zero-order chi connectivity index (χ0) is 11.1. The molecule has 4 heteroatoms. The van der Waals surface area contributed by atoms with Gasteiger partial charge in [-0.05, 0) is 12.8 Å². The number of hydrogen-bond acceptors (Lipinski definition) is 2. The van der Waals surface area contributed by atoms with Crippen molar-refractivity contribution in [2.75, 3.05) is 0 Å². The Morgan fingerprint density at radius 3 is 1.50 bits per heavy atom. The van der Waals surface area contributed by atoms with Crippen molar-refractivity contribution in [1.29, 1.82) is 0 Å². The average Bonchev–Trinajstić information content (AvgIpc) is 2.36. The molecule has 0 unspecified atom stereocenters. The van der Waals surface area contributed by atoms with E-state index in [1.807, 2.05) is 36.4 Å². The minimum atomic E-state index is 0. The number of hydrogen-bond donors (Lipinski definition) is 2. The Labute approximate surface area is 150 Å². The van der Waals surface area contributed by atoms with Crippen molar-refractivity contribution in [1.82, 2.24) is 0 Å². The molecule has 2 aromatic rings. The van der Waals surface area contributed by atoms with Gasteiger partial charge in [-0.2, -0.15) is 0 Å². The number of phenolic OH excluding ortho intramolecular Hbond substituents is 2. The third-order valence-corrected chi connectivity index (χ3v) is 3.18. The molecule has 0 saturated heterocycles. The van der Waals surface area contributed by atoms with Gasteiger partial charge in [0.25, 0.3) is 0 Å². The Hall–Kier alpha value is 0.0400. The summed E-state index contributed by atoms with van der Waals surface area (Å²) in [5.74, 6) is 0.625. The Bertz CT molecular complexity index is 554. The predicted molar refractivity (Wildman–Crippen MR) is 78.1 cm³/mol. The zero-order valence-electron chi connectivity index (χ0n) is 8.77. The van der Waals surface area contributed by atoms with E-state index >= 15 is 0 Å². The fourth-order valence-electron chi connectivity index (χ4n) is 2.35. The number of aromatic hydroxyl groups is 2. The quantitative estimate of drug-likeness (QED) is 0.429. The fraction of sp³-hybridized carbons (Fsp3) is 0.143. The normalized spacial score (nSPS) is 12.4. The fourth-order valence-corrected chi connectivity index (χ4v) is 2.35. The van der Waals surface area contributed by atoms with Gasteiger partial charge in [0.15, 0.2) is 0 Å². The van der Waals surface area contributed by atoms with E-state index < -0.39 is 0 Å². The van der Waals surface area contributed by atoms with Crippen LogP contribution in [0.1, 0.15) is 11.1 Å². The van der Waals surface area contributed by atoms with E-state index in [0.29, 0.717) is 24.3 Å². The van der Waals surface area contributed by atoms with Gasteiger partial charge in [-0.15, -0.1) is 0 Å². The molecule has 2 aromatic carbocycles. The molecule has 0 radical (unpaired) electrons. The van der Waals surface area contributed by atoms with Crippen molar-refractivity contribution in [2.45, 2.75) is 12.8 Å². The molecule has 1 aliphatic rings. The van der Waals surface area contributed by atoms with Crippen LogP contribution in [-0.2, 0) is 12.8 Å². The minimum absolute atomic E-state index is 0. The molecule has 0 aliphatic heterocycles. The monoisotopic (exact) mass is 260 g/mol. The van der Waals surface area contributed by atoms with Crippen molar-refractivity contribution in [3.05, 3.63) is 47.5 Å². The van der Waals surface area contributed by atoms with E-state index in [-0.39, 0.29) is 59.1 Å². The SMILES string of the molecule is Oc1c2c(c(O)c3ccccc13)CC=CC2.[NaH].[NaH]. The molecule has 3 rings (SSSR count). The molecule has 0 spiro atoms. The Balaban J connectivity index is 0.000000810. The first-order valence-corrected chi connectivity index (χ1v) is 5.38. The summed E-state index contributed by atoms with van der Waals surface area (Å²) in [4.78, 5) is 0. The average molecular weight is 260 g/mol. The van der Waals surface area contributed by atoms with Gasteiger partial charge in [0, 0.05) is 21.9 Å². The summed E-state index contributed by atoms with van der Waals surface area (Å²) in [7, 11) is 0. The number of rotatable bonds is 0. The molecule has 0 amide bonds. The Kier molecular flexibility index (Phi) is 5.78. The van der Waals surface area contributed by atoms with Gasteiger partial charge in [0.2, 0.25) is 0 Å². The molecule has 2 nitrogen and oxygen atoms in total. The van der Waals surface area contributed by atoms with Crippen LogP contribution in [0, 0.1) is 0 Å². The summed E-state index contributed by atoms with van der Waals surface area (Å²) in [6.45, 7) is 0. The molecule has 1 aliphatic carbocycles. The van der Waals surface area contributed by atoms with Gasteiger partial charge in [-0.1, -0.05) is 36.4 Å². The second-order valence-corrected chi connectivity index (χ2v) is 4.08. The number of benzene rings is 2. The van der Waals surface area contributed by atoms with Crippen molar-refractivity contribution in [2.24, 2.45) is 0 Å². The molecule has 0 fully saturated rings. The maximum atomic E-state index is 10.2. The number of phenols is 2. The topological polar surface area (TPSA) is 40.5 Å². The van der Waals surface area contributed by atoms with Gasteiger partial charge in [0.05, 0.1) is 0 Å². The van der Waals surface area contributed by atoms with Crippen LogP contribution in [-0.4, -0.2) is 69.3 Å². The first-order chi connectivity index (χ1) is 7.79. The molecular formula is C14H14Na2O2. The summed E-state index contributed by atoms with van der Waals surface area (Å²) in [5, 5.41) is 21.8. The van der Waals surface area contributed by atoms with Crippen LogP contribution in [0.15, 0.2) is 36.4 Å². The number of fused-ring (bicyclic) bond motifs is 2. The summed E-state index contributed by atoms with van der Waals surface area (Å²) in [6, 6.07) is 7.41. The van der Waals surface area contributed by atoms with Crippen molar-refractivity contribution in [3.8, 4) is 11.5 Å². The summed E-state index contributed by atoms with van der Waals surface area (Å²) >= 11 is 0. The Morgan fingerprint density at radius 1 is 0.722 bits per heavy atom. The standard InChI is InChI=1S/C14H12O2.2Na.2H/c15-13-9-5-1-2-6-10(9)14(16)12-8-4-3-7-11(12)13;;;;/h1-6,15-16H,7-8H2;;;;. The van der Waals surface area contributed by atoms with Crippen molar-refractivity contribution >= 4 is 69.9 Å². The first-order valence-electron chi connectivity index (χ1n) is 5.38. The van der Waals surface area contributed by atoms with E-state index in [2.05, 4.69) is 0 Å². The molecule has 84 valence electrons. The van der Waals surface area contributed by atoms with Crippen LogP contribution in [0.25, 0.3) is 10.8 Å². The third kappa shape index (κ3) is 2.51. The van der Waals surface area contributed by atoms with Crippen LogP contribution < -0.4 is 0 Å². The van der Waals surface area contributed by atoms with Gasteiger partial charge >= 0.3 is 59.1 Å². The molecule has 0 atom stereocenters.